The van der Waals surface area contributed by atoms with Gasteiger partial charge in [-0.3, -0.25) is 0 Å². The van der Waals surface area contributed by atoms with E-state index in [-0.39, 0.29) is 5.92 Å². The molecule has 0 bridgehead atoms. The normalized spacial score (nSPS) is 12.4. The van der Waals surface area contributed by atoms with Crippen LogP contribution in [-0.2, 0) is 0 Å². The quantitative estimate of drug-likeness (QED) is 0.846. The average molecular weight is 213 g/mol. The van der Waals surface area contributed by atoms with Crippen molar-refractivity contribution in [2.45, 2.75) is 12.8 Å². The zero-order chi connectivity index (χ0) is 11.4. The first-order valence-electron chi connectivity index (χ1n) is 5.36. The lowest BCUT2D eigenvalue weighted by Crippen LogP contribution is -2.15. The van der Waals surface area contributed by atoms with Crippen molar-refractivity contribution in [3.8, 4) is 0 Å². The molecule has 0 amide bonds. The Kier molecular flexibility index (Phi) is 3.27. The van der Waals surface area contributed by atoms with E-state index in [1.807, 2.05) is 37.3 Å². The minimum atomic E-state index is 0.134. The second-order valence-electron chi connectivity index (χ2n) is 3.80. The summed E-state index contributed by atoms with van der Waals surface area (Å²) in [6.45, 7) is 2.47. The van der Waals surface area contributed by atoms with E-state index in [0.29, 0.717) is 6.54 Å². The molecule has 2 rings (SSSR count). The number of hydrogen-bond acceptors (Lipinski definition) is 3. The summed E-state index contributed by atoms with van der Waals surface area (Å²) >= 11 is 0. The van der Waals surface area contributed by atoms with Gasteiger partial charge in [-0.15, -0.1) is 0 Å². The molecule has 0 spiro atoms. The van der Waals surface area contributed by atoms with Crippen LogP contribution in [0.25, 0.3) is 0 Å². The molecule has 1 heterocycles. The lowest BCUT2D eigenvalue weighted by atomic mass is 9.96. The van der Waals surface area contributed by atoms with E-state index in [4.69, 9.17) is 5.73 Å². The van der Waals surface area contributed by atoms with Crippen molar-refractivity contribution in [3.63, 3.8) is 0 Å². The summed E-state index contributed by atoms with van der Waals surface area (Å²) in [5.74, 6) is 0.134. The van der Waals surface area contributed by atoms with Crippen molar-refractivity contribution in [1.82, 2.24) is 10.2 Å². The molecule has 2 aromatic rings. The van der Waals surface area contributed by atoms with E-state index >= 15 is 0 Å². The van der Waals surface area contributed by atoms with E-state index in [1.165, 1.54) is 5.56 Å². The van der Waals surface area contributed by atoms with Gasteiger partial charge in [0.1, 0.15) is 0 Å². The van der Waals surface area contributed by atoms with Gasteiger partial charge < -0.3 is 5.73 Å². The maximum Gasteiger partial charge on any atom is 0.0718 e. The van der Waals surface area contributed by atoms with Crippen molar-refractivity contribution in [1.29, 1.82) is 0 Å². The van der Waals surface area contributed by atoms with E-state index < -0.39 is 0 Å². The lowest BCUT2D eigenvalue weighted by Gasteiger charge is -2.13. The highest BCUT2D eigenvalue weighted by molar-refractivity contribution is 5.28. The fraction of sp³-hybridized carbons (Fsp3) is 0.231. The Morgan fingerprint density at radius 2 is 1.81 bits per heavy atom. The van der Waals surface area contributed by atoms with Crippen molar-refractivity contribution in [3.05, 3.63) is 59.4 Å². The Labute approximate surface area is 95.3 Å². The summed E-state index contributed by atoms with van der Waals surface area (Å²) in [6, 6.07) is 14.1. The molecule has 0 aliphatic carbocycles. The number of aromatic nitrogens is 2. The summed E-state index contributed by atoms with van der Waals surface area (Å²) in [4.78, 5) is 0. The maximum absolute atomic E-state index is 5.81. The van der Waals surface area contributed by atoms with Crippen LogP contribution in [0.5, 0.6) is 0 Å². The van der Waals surface area contributed by atoms with Crippen LogP contribution in [0.2, 0.25) is 0 Å². The van der Waals surface area contributed by atoms with E-state index in [0.717, 1.165) is 11.4 Å². The topological polar surface area (TPSA) is 51.8 Å². The number of hydrogen-bond donors (Lipinski definition) is 1. The number of nitrogens with zero attached hydrogens (tertiary/aromatic N) is 2. The monoisotopic (exact) mass is 213 g/mol. The van der Waals surface area contributed by atoms with Gasteiger partial charge in [0.05, 0.1) is 11.4 Å². The Balaban J connectivity index is 2.33. The third kappa shape index (κ3) is 2.25. The summed E-state index contributed by atoms with van der Waals surface area (Å²) in [6.07, 6.45) is 0. The van der Waals surface area contributed by atoms with Gasteiger partial charge in [-0.05, 0) is 24.6 Å². The van der Waals surface area contributed by atoms with Crippen molar-refractivity contribution < 1.29 is 0 Å². The molecule has 3 nitrogen and oxygen atoms in total. The first-order chi connectivity index (χ1) is 7.81. The molecule has 1 aromatic heterocycles. The number of benzene rings is 1. The molecule has 1 aromatic carbocycles. The molecule has 0 saturated carbocycles. The first kappa shape index (κ1) is 10.8. The molecule has 82 valence electrons. The molecule has 16 heavy (non-hydrogen) atoms. The smallest absolute Gasteiger partial charge is 0.0718 e. The molecule has 0 radical (unpaired) electrons. The van der Waals surface area contributed by atoms with Gasteiger partial charge in [-0.25, -0.2) is 0 Å². The largest absolute Gasteiger partial charge is 0.329 e. The first-order valence-corrected chi connectivity index (χ1v) is 5.36. The van der Waals surface area contributed by atoms with Gasteiger partial charge in [-0.2, -0.15) is 10.2 Å². The number of aryl methyl sites for hydroxylation is 1. The third-order valence-corrected chi connectivity index (χ3v) is 2.61. The molecule has 2 N–H and O–H groups in total. The van der Waals surface area contributed by atoms with Crippen molar-refractivity contribution >= 4 is 0 Å². The zero-order valence-corrected chi connectivity index (χ0v) is 9.30. The van der Waals surface area contributed by atoms with Crippen molar-refractivity contribution in [2.24, 2.45) is 5.73 Å². The van der Waals surface area contributed by atoms with Crippen LogP contribution in [0.4, 0.5) is 0 Å². The fourth-order valence-electron chi connectivity index (χ4n) is 1.71. The molecule has 0 unspecified atom stereocenters. The van der Waals surface area contributed by atoms with Crippen LogP contribution < -0.4 is 5.73 Å². The fourth-order valence-corrected chi connectivity index (χ4v) is 1.71. The highest BCUT2D eigenvalue weighted by atomic mass is 15.1. The minimum Gasteiger partial charge on any atom is -0.329 e. The van der Waals surface area contributed by atoms with Gasteiger partial charge in [-0.1, -0.05) is 30.3 Å². The minimum absolute atomic E-state index is 0.134. The highest BCUT2D eigenvalue weighted by Crippen LogP contribution is 2.20. The predicted molar refractivity (Wildman–Crippen MR) is 64.1 cm³/mol. The SMILES string of the molecule is Cc1ccc([C@H](CN)c2ccccc2)nn1. The van der Waals surface area contributed by atoms with Gasteiger partial charge in [0, 0.05) is 12.5 Å². The molecule has 0 fully saturated rings. The molecule has 0 saturated heterocycles. The Morgan fingerprint density at radius 1 is 1.06 bits per heavy atom. The number of rotatable bonds is 3. The van der Waals surface area contributed by atoms with E-state index in [2.05, 4.69) is 22.3 Å². The Bertz CT molecular complexity index is 436. The summed E-state index contributed by atoms with van der Waals surface area (Å²) in [5.41, 5.74) is 8.84. The molecule has 0 aliphatic heterocycles. The third-order valence-electron chi connectivity index (χ3n) is 2.61. The van der Waals surface area contributed by atoms with E-state index in [9.17, 15) is 0 Å². The van der Waals surface area contributed by atoms with Gasteiger partial charge in [0.2, 0.25) is 0 Å². The van der Waals surface area contributed by atoms with Gasteiger partial charge >= 0.3 is 0 Å². The summed E-state index contributed by atoms with van der Waals surface area (Å²) < 4.78 is 0. The van der Waals surface area contributed by atoms with Crippen LogP contribution in [0.3, 0.4) is 0 Å². The highest BCUT2D eigenvalue weighted by Gasteiger charge is 2.13. The average Bonchev–Trinajstić information content (AvgIpc) is 2.34. The van der Waals surface area contributed by atoms with Crippen LogP contribution in [0.1, 0.15) is 22.9 Å². The molecule has 0 aliphatic rings. The zero-order valence-electron chi connectivity index (χ0n) is 9.30. The standard InChI is InChI=1S/C13H15N3/c1-10-7-8-13(16-15-10)12(9-14)11-5-3-2-4-6-11/h2-8,12H,9,14H2,1H3/t12-/m1/s1. The summed E-state index contributed by atoms with van der Waals surface area (Å²) in [5, 5.41) is 8.26. The molecular weight excluding hydrogens is 198 g/mol. The number of nitrogens with two attached hydrogens (primary N) is 1. The predicted octanol–water partition coefficient (Wildman–Crippen LogP) is 1.88. The molecule has 3 heteroatoms. The van der Waals surface area contributed by atoms with Gasteiger partial charge in [0.25, 0.3) is 0 Å². The van der Waals surface area contributed by atoms with Crippen LogP contribution >= 0.6 is 0 Å². The maximum atomic E-state index is 5.81. The second kappa shape index (κ2) is 4.86. The summed E-state index contributed by atoms with van der Waals surface area (Å²) in [7, 11) is 0. The molecular formula is C13H15N3. The Hall–Kier alpha value is -1.74. The lowest BCUT2D eigenvalue weighted by molar-refractivity contribution is 0.755. The van der Waals surface area contributed by atoms with Crippen LogP contribution in [0.15, 0.2) is 42.5 Å². The molecule has 1 atom stereocenters. The van der Waals surface area contributed by atoms with Crippen LogP contribution in [0, 0.1) is 6.92 Å². The van der Waals surface area contributed by atoms with Gasteiger partial charge in [0.15, 0.2) is 0 Å². The van der Waals surface area contributed by atoms with E-state index in [1.54, 1.807) is 0 Å². The Morgan fingerprint density at radius 3 is 2.38 bits per heavy atom. The van der Waals surface area contributed by atoms with Crippen LogP contribution in [-0.4, -0.2) is 16.7 Å². The second-order valence-corrected chi connectivity index (χ2v) is 3.80. The van der Waals surface area contributed by atoms with Crippen molar-refractivity contribution in [2.75, 3.05) is 6.54 Å².